The molecular weight excluding hydrogens is 366 g/mol. The molecule has 0 aromatic carbocycles. The monoisotopic (exact) mass is 407 g/mol. The van der Waals surface area contributed by atoms with Crippen LogP contribution in [0.3, 0.4) is 0 Å². The molecule has 0 atom stereocenters. The molecule has 0 unspecified atom stereocenters. The van der Waals surface area contributed by atoms with Gasteiger partial charge in [0.15, 0.2) is 5.16 Å². The van der Waals surface area contributed by atoms with Gasteiger partial charge in [0.05, 0.1) is 0 Å². The van der Waals surface area contributed by atoms with Crippen LogP contribution < -0.4 is 0 Å². The lowest BCUT2D eigenvalue weighted by Crippen LogP contribution is -2.51. The third kappa shape index (κ3) is 8.16. The van der Waals surface area contributed by atoms with E-state index in [1.54, 1.807) is 5.23 Å². The van der Waals surface area contributed by atoms with E-state index in [-0.39, 0.29) is 10.1 Å². The van der Waals surface area contributed by atoms with Crippen molar-refractivity contribution in [1.29, 1.82) is 0 Å². The Balaban J connectivity index is 5.45. The molecule has 0 aromatic rings. The lowest BCUT2D eigenvalue weighted by atomic mass is 10.2. The molecule has 150 valence electrons. The van der Waals surface area contributed by atoms with Gasteiger partial charge in [-0.2, -0.15) is 0 Å². The highest BCUT2D eigenvalue weighted by Crippen LogP contribution is 2.41. The summed E-state index contributed by atoms with van der Waals surface area (Å²) >= 11 is 6.62. The summed E-state index contributed by atoms with van der Waals surface area (Å²) in [6.07, 6.45) is 6.55. The van der Waals surface area contributed by atoms with E-state index in [0.717, 1.165) is 12.8 Å². The highest BCUT2D eigenvalue weighted by Gasteiger charge is 2.44. The summed E-state index contributed by atoms with van der Waals surface area (Å²) in [6, 6.07) is 0. The zero-order valence-electron chi connectivity index (χ0n) is 18.5. The summed E-state index contributed by atoms with van der Waals surface area (Å²) in [4.78, 5) is 0. The number of hydroxylamine groups is 2. The van der Waals surface area contributed by atoms with E-state index in [4.69, 9.17) is 20.7 Å². The molecule has 0 saturated carbocycles. The van der Waals surface area contributed by atoms with Gasteiger partial charge in [-0.25, -0.2) is 0 Å². The van der Waals surface area contributed by atoms with Crippen molar-refractivity contribution in [2.75, 3.05) is 0 Å². The van der Waals surface area contributed by atoms with Gasteiger partial charge < -0.3 is 0 Å². The van der Waals surface area contributed by atoms with Gasteiger partial charge in [0.1, 0.15) is 0 Å². The number of halogens is 1. The maximum absolute atomic E-state index is 6.62. The standard InChI is InChI=1S/C19H42ClNO2Si2/c1-12-13-14-15-16-17(20)21(22-24(8,9)18(2,3)4)23-25(10,11)19(5,6)7/h16H,12-15H2,1-11H3/b17-16+. The van der Waals surface area contributed by atoms with Gasteiger partial charge in [0, 0.05) is 0 Å². The molecule has 0 N–H and O–H groups in total. The topological polar surface area (TPSA) is 21.7 Å². The second kappa shape index (κ2) is 9.40. The summed E-state index contributed by atoms with van der Waals surface area (Å²) in [7, 11) is -4.09. The van der Waals surface area contributed by atoms with Crippen LogP contribution in [0.1, 0.15) is 74.1 Å². The van der Waals surface area contributed by atoms with Gasteiger partial charge in [-0.3, -0.25) is 9.05 Å². The number of allylic oxidation sites excluding steroid dienone is 1. The molecule has 3 nitrogen and oxygen atoms in total. The third-order valence-electron chi connectivity index (χ3n) is 5.53. The normalized spacial score (nSPS) is 14.8. The van der Waals surface area contributed by atoms with Crippen molar-refractivity contribution in [2.45, 2.75) is 110 Å². The van der Waals surface area contributed by atoms with E-state index in [1.807, 2.05) is 6.08 Å². The van der Waals surface area contributed by atoms with Gasteiger partial charge in [-0.1, -0.05) is 72.9 Å². The van der Waals surface area contributed by atoms with Crippen LogP contribution in [-0.2, 0) is 9.05 Å². The van der Waals surface area contributed by atoms with Crippen molar-refractivity contribution in [3.05, 3.63) is 11.2 Å². The molecule has 25 heavy (non-hydrogen) atoms. The van der Waals surface area contributed by atoms with E-state index in [2.05, 4.69) is 74.7 Å². The molecule has 0 fully saturated rings. The minimum absolute atomic E-state index is 0.0847. The van der Waals surface area contributed by atoms with Crippen LogP contribution >= 0.6 is 11.6 Å². The van der Waals surface area contributed by atoms with E-state index in [0.29, 0.717) is 5.16 Å². The molecular formula is C19H42ClNO2Si2. The number of nitrogens with zero attached hydrogens (tertiary/aromatic N) is 1. The molecule has 0 radical (unpaired) electrons. The summed E-state index contributed by atoms with van der Waals surface area (Å²) < 4.78 is 12.9. The Bertz CT molecular complexity index is 410. The quantitative estimate of drug-likeness (QED) is 0.168. The predicted octanol–water partition coefficient (Wildman–Crippen LogP) is 7.82. The maximum atomic E-state index is 6.62. The van der Waals surface area contributed by atoms with Crippen LogP contribution in [0.2, 0.25) is 36.3 Å². The number of rotatable bonds is 9. The second-order valence-corrected chi connectivity index (χ2v) is 19.8. The first-order valence-corrected chi connectivity index (χ1v) is 15.8. The number of unbranched alkanes of at least 4 members (excludes halogenated alkanes) is 3. The van der Waals surface area contributed by atoms with Crippen molar-refractivity contribution in [1.82, 2.24) is 5.23 Å². The summed E-state index contributed by atoms with van der Waals surface area (Å²) in [6.45, 7) is 24.4. The van der Waals surface area contributed by atoms with E-state index in [9.17, 15) is 0 Å². The molecule has 6 heteroatoms. The minimum Gasteiger partial charge on any atom is -0.297 e. The zero-order chi connectivity index (χ0) is 20.1. The molecule has 0 heterocycles. The lowest BCUT2D eigenvalue weighted by Gasteiger charge is -2.44. The largest absolute Gasteiger partial charge is 0.297 e. The van der Waals surface area contributed by atoms with Crippen molar-refractivity contribution < 1.29 is 9.05 Å². The van der Waals surface area contributed by atoms with Gasteiger partial charge in [0.25, 0.3) is 0 Å². The maximum Gasteiger partial charge on any atom is 0.232 e. The first-order valence-electron chi connectivity index (χ1n) is 9.59. The van der Waals surface area contributed by atoms with Gasteiger partial charge in [-0.05, 0) is 55.2 Å². The molecule has 0 bridgehead atoms. The Morgan fingerprint density at radius 2 is 1.28 bits per heavy atom. The Labute approximate surface area is 164 Å². The molecule has 0 rings (SSSR count). The van der Waals surface area contributed by atoms with Gasteiger partial charge >= 0.3 is 0 Å². The van der Waals surface area contributed by atoms with Crippen LogP contribution in [0.15, 0.2) is 11.2 Å². The van der Waals surface area contributed by atoms with Crippen molar-refractivity contribution >= 4 is 28.2 Å². The fraction of sp³-hybridized carbons (Fsp3) is 0.895. The Morgan fingerprint density at radius 1 is 0.880 bits per heavy atom. The lowest BCUT2D eigenvalue weighted by molar-refractivity contribution is -0.241. The van der Waals surface area contributed by atoms with Crippen molar-refractivity contribution in [3.8, 4) is 0 Å². The van der Waals surface area contributed by atoms with Gasteiger partial charge in [-0.15, -0.1) is 5.23 Å². The van der Waals surface area contributed by atoms with Crippen LogP contribution in [0.25, 0.3) is 0 Å². The SMILES string of the molecule is CCCCC/C=C(\Cl)N(O[Si](C)(C)C(C)(C)C)O[Si](C)(C)C(C)(C)C. The Hall–Kier alpha value is 0.184. The first-order chi connectivity index (χ1) is 11.0. The molecule has 0 aliphatic carbocycles. The highest BCUT2D eigenvalue weighted by atomic mass is 35.5. The Morgan fingerprint density at radius 3 is 1.60 bits per heavy atom. The van der Waals surface area contributed by atoms with Gasteiger partial charge in [0.2, 0.25) is 16.6 Å². The molecule has 0 amide bonds. The van der Waals surface area contributed by atoms with Crippen molar-refractivity contribution in [3.63, 3.8) is 0 Å². The number of hydrogen-bond donors (Lipinski definition) is 0. The average molecular weight is 408 g/mol. The summed E-state index contributed by atoms with van der Waals surface area (Å²) in [5.41, 5.74) is 0. The van der Waals surface area contributed by atoms with Crippen LogP contribution in [0.5, 0.6) is 0 Å². The van der Waals surface area contributed by atoms with Crippen LogP contribution in [-0.4, -0.2) is 21.9 Å². The van der Waals surface area contributed by atoms with E-state index >= 15 is 0 Å². The fourth-order valence-electron chi connectivity index (χ4n) is 1.48. The molecule has 0 aliphatic heterocycles. The third-order valence-corrected chi connectivity index (χ3v) is 14.3. The number of hydrogen-bond acceptors (Lipinski definition) is 3. The van der Waals surface area contributed by atoms with E-state index < -0.39 is 16.6 Å². The molecule has 0 saturated heterocycles. The van der Waals surface area contributed by atoms with Crippen molar-refractivity contribution in [2.24, 2.45) is 0 Å². The highest BCUT2D eigenvalue weighted by molar-refractivity contribution is 6.75. The molecule has 0 spiro atoms. The van der Waals surface area contributed by atoms with Crippen LogP contribution in [0, 0.1) is 0 Å². The first kappa shape index (κ1) is 25.2. The summed E-state index contributed by atoms with van der Waals surface area (Å²) in [5.74, 6) is 0. The second-order valence-electron chi connectivity index (χ2n) is 9.98. The predicted molar refractivity (Wildman–Crippen MR) is 116 cm³/mol. The average Bonchev–Trinajstić information content (AvgIpc) is 2.39. The Kier molecular flexibility index (Phi) is 9.47. The van der Waals surface area contributed by atoms with E-state index in [1.165, 1.54) is 12.8 Å². The zero-order valence-corrected chi connectivity index (χ0v) is 21.3. The fourth-order valence-corrected chi connectivity index (χ4v) is 3.50. The minimum atomic E-state index is -2.05. The van der Waals surface area contributed by atoms with Crippen LogP contribution in [0.4, 0.5) is 0 Å². The summed E-state index contributed by atoms with van der Waals surface area (Å²) in [5, 5.41) is 2.29. The molecule has 0 aliphatic rings. The smallest absolute Gasteiger partial charge is 0.232 e. The molecule has 0 aromatic heterocycles.